The summed E-state index contributed by atoms with van der Waals surface area (Å²) in [5.74, 6) is 0. The maximum absolute atomic E-state index is 4.63. The molecule has 112 valence electrons. The highest BCUT2D eigenvalue weighted by Crippen LogP contribution is 2.28. The van der Waals surface area contributed by atoms with Gasteiger partial charge in [-0.3, -0.25) is 4.90 Å². The lowest BCUT2D eigenvalue weighted by atomic mass is 10.2. The first-order valence-electron chi connectivity index (χ1n) is 7.97. The van der Waals surface area contributed by atoms with E-state index < -0.39 is 0 Å². The maximum atomic E-state index is 4.63. The van der Waals surface area contributed by atoms with Crippen molar-refractivity contribution in [1.82, 2.24) is 15.2 Å². The van der Waals surface area contributed by atoms with Gasteiger partial charge in [-0.15, -0.1) is 11.3 Å². The van der Waals surface area contributed by atoms with Gasteiger partial charge in [0.1, 0.15) is 0 Å². The van der Waals surface area contributed by atoms with Crippen molar-refractivity contribution in [2.24, 2.45) is 0 Å². The van der Waals surface area contributed by atoms with Crippen LogP contribution in [0.1, 0.15) is 38.0 Å². The zero-order chi connectivity index (χ0) is 13.9. The Morgan fingerprint density at radius 1 is 1.35 bits per heavy atom. The van der Waals surface area contributed by atoms with Crippen molar-refractivity contribution in [2.75, 3.05) is 31.1 Å². The molecule has 1 aromatic rings. The molecule has 1 saturated carbocycles. The number of anilines is 1. The van der Waals surface area contributed by atoms with Crippen LogP contribution in [-0.4, -0.2) is 48.1 Å². The molecule has 3 rings (SSSR count). The fraction of sp³-hybridized carbons (Fsp3) is 0.800. The highest BCUT2D eigenvalue weighted by atomic mass is 32.1. The first-order valence-corrected chi connectivity index (χ1v) is 8.78. The van der Waals surface area contributed by atoms with Gasteiger partial charge in [0.25, 0.3) is 0 Å². The molecule has 5 heteroatoms. The predicted molar refractivity (Wildman–Crippen MR) is 85.5 cm³/mol. The average Bonchev–Trinajstić information content (AvgIpc) is 2.98. The molecule has 1 saturated heterocycles. The summed E-state index contributed by atoms with van der Waals surface area (Å²) >= 11 is 1.86. The number of aromatic nitrogens is 1. The van der Waals surface area contributed by atoms with Gasteiger partial charge in [0.05, 0.1) is 0 Å². The predicted octanol–water partition coefficient (Wildman–Crippen LogP) is 2.32. The van der Waals surface area contributed by atoms with Crippen LogP contribution in [-0.2, 0) is 6.54 Å². The van der Waals surface area contributed by atoms with Gasteiger partial charge in [0.2, 0.25) is 0 Å². The molecule has 20 heavy (non-hydrogen) atoms. The van der Waals surface area contributed by atoms with Crippen molar-refractivity contribution < 1.29 is 0 Å². The minimum absolute atomic E-state index is 0.710. The van der Waals surface area contributed by atoms with E-state index in [1.807, 2.05) is 11.3 Å². The van der Waals surface area contributed by atoms with E-state index >= 15 is 0 Å². The van der Waals surface area contributed by atoms with Crippen molar-refractivity contribution in [3.8, 4) is 0 Å². The van der Waals surface area contributed by atoms with Gasteiger partial charge >= 0.3 is 0 Å². The maximum Gasteiger partial charge on any atom is 0.185 e. The fourth-order valence-corrected chi connectivity index (χ4v) is 3.91. The Balaban J connectivity index is 1.54. The molecule has 1 aromatic heterocycles. The monoisotopic (exact) mass is 294 g/mol. The van der Waals surface area contributed by atoms with Gasteiger partial charge in [0.15, 0.2) is 5.13 Å². The standard InChI is InChI=1S/C15H26N4S/c1-3-18(4-2)13-7-8-19(11-13)15-17-10-14(20-15)9-16-12-5-6-12/h10,12-13,16H,3-9,11H2,1-2H3. The van der Waals surface area contributed by atoms with E-state index in [1.54, 1.807) is 0 Å². The van der Waals surface area contributed by atoms with E-state index in [0.717, 1.165) is 38.8 Å². The smallest absolute Gasteiger partial charge is 0.185 e. The second kappa shape index (κ2) is 6.41. The quantitative estimate of drug-likeness (QED) is 0.836. The van der Waals surface area contributed by atoms with Crippen LogP contribution in [0.25, 0.3) is 0 Å². The number of hydrogen-bond acceptors (Lipinski definition) is 5. The molecule has 1 N–H and O–H groups in total. The molecule has 1 unspecified atom stereocenters. The summed E-state index contributed by atoms with van der Waals surface area (Å²) in [4.78, 5) is 11.0. The summed E-state index contributed by atoms with van der Waals surface area (Å²) in [5, 5.41) is 4.78. The molecular formula is C15H26N4S. The molecule has 0 aromatic carbocycles. The van der Waals surface area contributed by atoms with Crippen molar-refractivity contribution >= 4 is 16.5 Å². The number of likely N-dealkylation sites (N-methyl/N-ethyl adjacent to an activating group) is 1. The number of nitrogens with one attached hydrogen (secondary N) is 1. The minimum atomic E-state index is 0.710. The van der Waals surface area contributed by atoms with E-state index in [9.17, 15) is 0 Å². The molecule has 0 amide bonds. The fourth-order valence-electron chi connectivity index (χ4n) is 3.01. The van der Waals surface area contributed by atoms with Crippen LogP contribution in [0.2, 0.25) is 0 Å². The van der Waals surface area contributed by atoms with Gasteiger partial charge in [-0.05, 0) is 32.4 Å². The number of thiazole rings is 1. The average molecular weight is 294 g/mol. The summed E-state index contributed by atoms with van der Waals surface area (Å²) in [6.45, 7) is 10.1. The molecule has 2 aliphatic rings. The summed E-state index contributed by atoms with van der Waals surface area (Å²) in [7, 11) is 0. The lowest BCUT2D eigenvalue weighted by molar-refractivity contribution is 0.232. The van der Waals surface area contributed by atoms with Gasteiger partial charge in [0, 0.05) is 42.8 Å². The van der Waals surface area contributed by atoms with Crippen LogP contribution in [0, 0.1) is 0 Å². The Labute approximate surface area is 126 Å². The molecule has 0 spiro atoms. The molecule has 2 heterocycles. The number of hydrogen-bond donors (Lipinski definition) is 1. The first-order chi connectivity index (χ1) is 9.80. The third kappa shape index (κ3) is 3.32. The zero-order valence-corrected chi connectivity index (χ0v) is 13.5. The van der Waals surface area contributed by atoms with Gasteiger partial charge in [-0.1, -0.05) is 13.8 Å². The number of nitrogens with zero attached hydrogens (tertiary/aromatic N) is 3. The molecule has 0 radical (unpaired) electrons. The Morgan fingerprint density at radius 3 is 2.85 bits per heavy atom. The summed E-state index contributed by atoms with van der Waals surface area (Å²) in [5.41, 5.74) is 0. The second-order valence-corrected chi connectivity index (χ2v) is 6.97. The first kappa shape index (κ1) is 14.3. The van der Waals surface area contributed by atoms with Gasteiger partial charge in [-0.25, -0.2) is 4.98 Å². The Kier molecular flexibility index (Phi) is 4.58. The van der Waals surface area contributed by atoms with E-state index in [4.69, 9.17) is 0 Å². The van der Waals surface area contributed by atoms with Crippen molar-refractivity contribution in [2.45, 2.75) is 51.7 Å². The largest absolute Gasteiger partial charge is 0.346 e. The lowest BCUT2D eigenvalue weighted by Crippen LogP contribution is -2.37. The van der Waals surface area contributed by atoms with Crippen LogP contribution < -0.4 is 10.2 Å². The summed E-state index contributed by atoms with van der Waals surface area (Å²) < 4.78 is 0. The molecule has 1 aliphatic heterocycles. The lowest BCUT2D eigenvalue weighted by Gasteiger charge is -2.25. The third-order valence-corrected chi connectivity index (χ3v) is 5.50. The molecule has 1 atom stereocenters. The van der Waals surface area contributed by atoms with E-state index in [1.165, 1.54) is 29.3 Å². The Hall–Kier alpha value is -0.650. The van der Waals surface area contributed by atoms with Gasteiger partial charge in [-0.2, -0.15) is 0 Å². The highest BCUT2D eigenvalue weighted by molar-refractivity contribution is 7.15. The van der Waals surface area contributed by atoms with Crippen molar-refractivity contribution in [1.29, 1.82) is 0 Å². The van der Waals surface area contributed by atoms with Crippen molar-refractivity contribution in [3.63, 3.8) is 0 Å². The minimum Gasteiger partial charge on any atom is -0.346 e. The SMILES string of the molecule is CCN(CC)C1CCN(c2ncc(CNC3CC3)s2)C1. The molecule has 0 bridgehead atoms. The van der Waals surface area contributed by atoms with E-state index in [0.29, 0.717) is 6.04 Å². The molecule has 4 nitrogen and oxygen atoms in total. The van der Waals surface area contributed by atoms with Gasteiger partial charge < -0.3 is 10.2 Å². The molecular weight excluding hydrogens is 268 g/mol. The molecule has 1 aliphatic carbocycles. The molecule has 2 fully saturated rings. The summed E-state index contributed by atoms with van der Waals surface area (Å²) in [6.07, 6.45) is 6.03. The van der Waals surface area contributed by atoms with Crippen LogP contribution in [0.5, 0.6) is 0 Å². The Bertz CT molecular complexity index is 425. The van der Waals surface area contributed by atoms with Crippen LogP contribution in [0.3, 0.4) is 0 Å². The second-order valence-electron chi connectivity index (χ2n) is 5.87. The van der Waals surface area contributed by atoms with E-state index in [2.05, 4.69) is 40.1 Å². The number of rotatable bonds is 7. The summed E-state index contributed by atoms with van der Waals surface area (Å²) in [6, 6.07) is 1.49. The third-order valence-electron chi connectivity index (χ3n) is 4.45. The van der Waals surface area contributed by atoms with Crippen LogP contribution >= 0.6 is 11.3 Å². The van der Waals surface area contributed by atoms with E-state index in [-0.39, 0.29) is 0 Å². The zero-order valence-electron chi connectivity index (χ0n) is 12.6. The topological polar surface area (TPSA) is 31.4 Å². The highest BCUT2D eigenvalue weighted by Gasteiger charge is 2.28. The Morgan fingerprint density at radius 2 is 2.15 bits per heavy atom. The van der Waals surface area contributed by atoms with Crippen molar-refractivity contribution in [3.05, 3.63) is 11.1 Å². The van der Waals surface area contributed by atoms with Crippen LogP contribution in [0.4, 0.5) is 5.13 Å². The normalized spacial score (nSPS) is 22.9. The van der Waals surface area contributed by atoms with Crippen LogP contribution in [0.15, 0.2) is 6.20 Å².